The number of hydrogen-bond donors (Lipinski definition) is 1. The summed E-state index contributed by atoms with van der Waals surface area (Å²) in [5.74, 6) is 0. The number of ether oxygens (including phenoxy) is 1. The minimum atomic E-state index is -0.315. The lowest BCUT2D eigenvalue weighted by atomic mass is 10.1. The zero-order valence-electron chi connectivity index (χ0n) is 7.68. The molecule has 2 nitrogen and oxygen atoms in total. The van der Waals surface area contributed by atoms with Crippen LogP contribution in [0.5, 0.6) is 0 Å². The molecule has 1 aliphatic rings. The first-order chi connectivity index (χ1) is 6.27. The molecule has 1 fully saturated rings. The van der Waals surface area contributed by atoms with Crippen molar-refractivity contribution in [3.63, 3.8) is 0 Å². The fraction of sp³-hybridized carbons (Fsp3) is 0.455. The van der Waals surface area contributed by atoms with Gasteiger partial charge in [-0.05, 0) is 12.5 Å². The maximum Gasteiger partial charge on any atom is 0.0855 e. The van der Waals surface area contributed by atoms with Crippen molar-refractivity contribution in [1.29, 1.82) is 0 Å². The molecule has 1 aliphatic heterocycles. The van der Waals surface area contributed by atoms with Crippen molar-refractivity contribution in [3.8, 4) is 0 Å². The van der Waals surface area contributed by atoms with E-state index in [0.717, 1.165) is 5.56 Å². The van der Waals surface area contributed by atoms with Gasteiger partial charge in [0.2, 0.25) is 0 Å². The Bertz CT molecular complexity index is 261. The van der Waals surface area contributed by atoms with Gasteiger partial charge >= 0.3 is 0 Å². The predicted molar refractivity (Wildman–Crippen MR) is 50.4 cm³/mol. The minimum Gasteiger partial charge on any atom is -0.390 e. The zero-order valence-corrected chi connectivity index (χ0v) is 7.68. The van der Waals surface area contributed by atoms with E-state index in [-0.39, 0.29) is 18.3 Å². The summed E-state index contributed by atoms with van der Waals surface area (Å²) in [5.41, 5.74) is 1.16. The molecule has 1 N–H and O–H groups in total. The largest absolute Gasteiger partial charge is 0.390 e. The maximum atomic E-state index is 9.50. The van der Waals surface area contributed by atoms with Gasteiger partial charge < -0.3 is 9.84 Å². The topological polar surface area (TPSA) is 29.5 Å². The van der Waals surface area contributed by atoms with Crippen LogP contribution in [-0.4, -0.2) is 17.3 Å². The molecule has 0 radical (unpaired) electrons. The van der Waals surface area contributed by atoms with E-state index in [1.165, 1.54) is 0 Å². The van der Waals surface area contributed by atoms with E-state index in [1.54, 1.807) is 0 Å². The molecular weight excluding hydrogens is 164 g/mol. The number of benzene rings is 1. The van der Waals surface area contributed by atoms with E-state index in [2.05, 4.69) is 0 Å². The molecule has 1 aromatic rings. The fourth-order valence-electron chi connectivity index (χ4n) is 1.70. The molecule has 3 atom stereocenters. The number of rotatable bonds is 1. The number of aliphatic hydroxyl groups excluding tert-OH is 1. The van der Waals surface area contributed by atoms with Crippen LogP contribution in [-0.2, 0) is 4.74 Å². The van der Waals surface area contributed by atoms with Crippen LogP contribution < -0.4 is 0 Å². The Hall–Kier alpha value is -0.860. The molecule has 1 heterocycles. The summed E-state index contributed by atoms with van der Waals surface area (Å²) in [6, 6.07) is 10.0. The van der Waals surface area contributed by atoms with Crippen LogP contribution in [0.15, 0.2) is 30.3 Å². The Morgan fingerprint density at radius 1 is 1.31 bits per heavy atom. The van der Waals surface area contributed by atoms with E-state index >= 15 is 0 Å². The van der Waals surface area contributed by atoms with Crippen LogP contribution in [0, 0.1) is 0 Å². The van der Waals surface area contributed by atoms with Gasteiger partial charge in [-0.3, -0.25) is 0 Å². The Kier molecular flexibility index (Phi) is 2.34. The molecule has 2 rings (SSSR count). The summed E-state index contributed by atoms with van der Waals surface area (Å²) >= 11 is 0. The van der Waals surface area contributed by atoms with Crippen molar-refractivity contribution in [1.82, 2.24) is 0 Å². The van der Waals surface area contributed by atoms with Crippen LogP contribution >= 0.6 is 0 Å². The molecule has 0 spiro atoms. The Morgan fingerprint density at radius 2 is 2.00 bits per heavy atom. The van der Waals surface area contributed by atoms with Gasteiger partial charge in [-0.25, -0.2) is 0 Å². The minimum absolute atomic E-state index is 0.0368. The Balaban J connectivity index is 2.12. The highest BCUT2D eigenvalue weighted by Gasteiger charge is 2.31. The van der Waals surface area contributed by atoms with Crippen molar-refractivity contribution in [2.24, 2.45) is 0 Å². The standard InChI is InChI=1S/C11H14O2/c1-8-10(12)7-11(13-8)9-5-3-2-4-6-9/h2-6,8,10-12H,7H2,1H3/t8-,10+,11+/m0/s1. The highest BCUT2D eigenvalue weighted by Crippen LogP contribution is 2.32. The summed E-state index contributed by atoms with van der Waals surface area (Å²) in [5, 5.41) is 9.50. The van der Waals surface area contributed by atoms with Crippen molar-refractivity contribution in [3.05, 3.63) is 35.9 Å². The molecule has 0 unspecified atom stereocenters. The summed E-state index contributed by atoms with van der Waals surface area (Å²) in [6.45, 7) is 1.91. The lowest BCUT2D eigenvalue weighted by Crippen LogP contribution is -2.15. The lowest BCUT2D eigenvalue weighted by molar-refractivity contribution is 0.0217. The van der Waals surface area contributed by atoms with Crippen LogP contribution in [0.4, 0.5) is 0 Å². The maximum absolute atomic E-state index is 9.50. The van der Waals surface area contributed by atoms with E-state index in [1.807, 2.05) is 37.3 Å². The normalized spacial score (nSPS) is 33.5. The molecule has 1 saturated heterocycles. The summed E-state index contributed by atoms with van der Waals surface area (Å²) in [6.07, 6.45) is 0.437. The van der Waals surface area contributed by atoms with E-state index in [4.69, 9.17) is 4.74 Å². The van der Waals surface area contributed by atoms with Crippen molar-refractivity contribution < 1.29 is 9.84 Å². The smallest absolute Gasteiger partial charge is 0.0855 e. The highest BCUT2D eigenvalue weighted by atomic mass is 16.5. The first kappa shape index (κ1) is 8.73. The fourth-order valence-corrected chi connectivity index (χ4v) is 1.70. The molecule has 0 amide bonds. The highest BCUT2D eigenvalue weighted by molar-refractivity contribution is 5.18. The zero-order chi connectivity index (χ0) is 9.26. The average Bonchev–Trinajstić information content (AvgIpc) is 2.49. The molecule has 70 valence electrons. The number of aliphatic hydroxyl groups is 1. The van der Waals surface area contributed by atoms with Gasteiger partial charge in [0.05, 0.1) is 18.3 Å². The third-order valence-electron chi connectivity index (χ3n) is 2.55. The van der Waals surface area contributed by atoms with E-state index in [0.29, 0.717) is 6.42 Å². The van der Waals surface area contributed by atoms with Crippen LogP contribution in [0.1, 0.15) is 25.0 Å². The molecule has 1 aromatic carbocycles. The van der Waals surface area contributed by atoms with Gasteiger partial charge in [-0.2, -0.15) is 0 Å². The van der Waals surface area contributed by atoms with E-state index in [9.17, 15) is 5.11 Å². The van der Waals surface area contributed by atoms with Gasteiger partial charge in [-0.1, -0.05) is 30.3 Å². The molecule has 2 heteroatoms. The third kappa shape index (κ3) is 1.74. The van der Waals surface area contributed by atoms with Crippen molar-refractivity contribution >= 4 is 0 Å². The van der Waals surface area contributed by atoms with E-state index < -0.39 is 0 Å². The predicted octanol–water partition coefficient (Wildman–Crippen LogP) is 1.90. The van der Waals surface area contributed by atoms with Crippen molar-refractivity contribution in [2.45, 2.75) is 31.7 Å². The van der Waals surface area contributed by atoms with Crippen LogP contribution in [0.3, 0.4) is 0 Å². The summed E-state index contributed by atoms with van der Waals surface area (Å²) < 4.78 is 5.61. The summed E-state index contributed by atoms with van der Waals surface area (Å²) in [7, 11) is 0. The van der Waals surface area contributed by atoms with Gasteiger partial charge in [-0.15, -0.1) is 0 Å². The molecule has 0 aliphatic carbocycles. The molecule has 13 heavy (non-hydrogen) atoms. The second kappa shape index (κ2) is 3.48. The molecule has 0 bridgehead atoms. The quantitative estimate of drug-likeness (QED) is 0.711. The molecule has 0 saturated carbocycles. The Labute approximate surface area is 78.2 Å². The summed E-state index contributed by atoms with van der Waals surface area (Å²) in [4.78, 5) is 0. The number of hydrogen-bond acceptors (Lipinski definition) is 2. The van der Waals surface area contributed by atoms with Crippen molar-refractivity contribution in [2.75, 3.05) is 0 Å². The lowest BCUT2D eigenvalue weighted by Gasteiger charge is -2.10. The molecule has 0 aromatic heterocycles. The second-order valence-electron chi connectivity index (χ2n) is 3.54. The Morgan fingerprint density at radius 3 is 2.54 bits per heavy atom. The molecular formula is C11H14O2. The SMILES string of the molecule is C[C@@H]1O[C@@H](c2ccccc2)C[C@H]1O. The third-order valence-corrected chi connectivity index (χ3v) is 2.55. The monoisotopic (exact) mass is 178 g/mol. The average molecular weight is 178 g/mol. The van der Waals surface area contributed by atoms with Gasteiger partial charge in [0.15, 0.2) is 0 Å². The van der Waals surface area contributed by atoms with Gasteiger partial charge in [0.25, 0.3) is 0 Å². The van der Waals surface area contributed by atoms with Crippen LogP contribution in [0.25, 0.3) is 0 Å². The first-order valence-corrected chi connectivity index (χ1v) is 4.66. The van der Waals surface area contributed by atoms with Gasteiger partial charge in [0, 0.05) is 6.42 Å². The van der Waals surface area contributed by atoms with Gasteiger partial charge in [0.1, 0.15) is 0 Å². The second-order valence-corrected chi connectivity index (χ2v) is 3.54. The van der Waals surface area contributed by atoms with Crippen LogP contribution in [0.2, 0.25) is 0 Å². The first-order valence-electron chi connectivity index (χ1n) is 4.66.